The summed E-state index contributed by atoms with van der Waals surface area (Å²) in [6.45, 7) is 8.32. The average molecular weight is 203 g/mol. The molecular weight excluding hydrogens is 178 g/mol. The Bertz CT molecular complexity index is 120. The van der Waals surface area contributed by atoms with Gasteiger partial charge in [0.25, 0.3) is 0 Å². The molecule has 0 saturated heterocycles. The second-order valence-corrected chi connectivity index (χ2v) is 3.47. The molecule has 0 aliphatic carbocycles. The molecule has 0 saturated carbocycles. The van der Waals surface area contributed by atoms with Gasteiger partial charge in [0.1, 0.15) is 0 Å². The predicted molar refractivity (Wildman–Crippen MR) is 59.4 cm³/mol. The molecule has 0 fully saturated rings. The molecule has 14 heavy (non-hydrogen) atoms. The van der Waals surface area contributed by atoms with Gasteiger partial charge in [0.05, 0.1) is 19.3 Å². The Balaban J connectivity index is 3.56. The van der Waals surface area contributed by atoms with E-state index in [2.05, 4.69) is 13.8 Å². The van der Waals surface area contributed by atoms with Crippen molar-refractivity contribution in [1.29, 1.82) is 0 Å². The third kappa shape index (κ3) is 6.35. The minimum atomic E-state index is 0.173. The molecule has 2 unspecified atom stereocenters. The van der Waals surface area contributed by atoms with E-state index in [0.717, 1.165) is 25.9 Å². The summed E-state index contributed by atoms with van der Waals surface area (Å²) in [6.07, 6.45) is 3.32. The number of rotatable bonds is 9. The highest BCUT2D eigenvalue weighted by atomic mass is 16.5. The van der Waals surface area contributed by atoms with Crippen molar-refractivity contribution in [3.63, 3.8) is 0 Å². The third-order valence-electron chi connectivity index (χ3n) is 2.27. The Morgan fingerprint density at radius 3 is 2.36 bits per heavy atom. The number of hydrogen-bond donors (Lipinski definition) is 1. The molecule has 0 amide bonds. The predicted octanol–water partition coefficient (Wildman–Crippen LogP) is 1.95. The van der Waals surface area contributed by atoms with Crippen molar-refractivity contribution in [1.82, 2.24) is 0 Å². The van der Waals surface area contributed by atoms with Crippen molar-refractivity contribution in [2.45, 2.75) is 52.2 Å². The summed E-state index contributed by atoms with van der Waals surface area (Å²) in [4.78, 5) is 0. The van der Waals surface area contributed by atoms with Gasteiger partial charge in [-0.2, -0.15) is 0 Å². The highest BCUT2D eigenvalue weighted by Crippen LogP contribution is 2.07. The van der Waals surface area contributed by atoms with E-state index in [4.69, 9.17) is 15.2 Å². The van der Waals surface area contributed by atoms with Crippen LogP contribution in [0.4, 0.5) is 0 Å². The fourth-order valence-corrected chi connectivity index (χ4v) is 1.47. The molecule has 0 aromatic carbocycles. The van der Waals surface area contributed by atoms with Crippen LogP contribution < -0.4 is 5.73 Å². The Morgan fingerprint density at radius 2 is 1.86 bits per heavy atom. The van der Waals surface area contributed by atoms with Crippen LogP contribution in [0.3, 0.4) is 0 Å². The standard InChI is InChI=1S/C11H25NO2/c1-4-7-10(12)11(5-2)14-9-8-13-6-3/h10-11H,4-9,12H2,1-3H3. The second-order valence-electron chi connectivity index (χ2n) is 3.47. The molecule has 0 aromatic rings. The maximum Gasteiger partial charge on any atom is 0.0724 e. The summed E-state index contributed by atoms with van der Waals surface area (Å²) in [6, 6.07) is 0.173. The zero-order chi connectivity index (χ0) is 10.8. The molecule has 0 rings (SSSR count). The van der Waals surface area contributed by atoms with Crippen LogP contribution in [0.1, 0.15) is 40.0 Å². The fraction of sp³-hybridized carbons (Fsp3) is 1.00. The first-order valence-electron chi connectivity index (χ1n) is 5.71. The van der Waals surface area contributed by atoms with E-state index in [-0.39, 0.29) is 12.1 Å². The van der Waals surface area contributed by atoms with Crippen LogP contribution >= 0.6 is 0 Å². The molecule has 0 aromatic heterocycles. The fourth-order valence-electron chi connectivity index (χ4n) is 1.47. The molecule has 0 radical (unpaired) electrons. The zero-order valence-corrected chi connectivity index (χ0v) is 9.79. The van der Waals surface area contributed by atoms with Crippen LogP contribution in [0.25, 0.3) is 0 Å². The lowest BCUT2D eigenvalue weighted by atomic mass is 10.1. The van der Waals surface area contributed by atoms with Crippen molar-refractivity contribution in [3.8, 4) is 0 Å². The molecule has 0 heterocycles. The van der Waals surface area contributed by atoms with Crippen LogP contribution in [0.2, 0.25) is 0 Å². The molecule has 3 nitrogen and oxygen atoms in total. The quantitative estimate of drug-likeness (QED) is 0.582. The molecule has 2 atom stereocenters. The van der Waals surface area contributed by atoms with Gasteiger partial charge in [0, 0.05) is 12.6 Å². The molecular formula is C11H25NO2. The van der Waals surface area contributed by atoms with Crippen LogP contribution in [0.5, 0.6) is 0 Å². The summed E-state index contributed by atoms with van der Waals surface area (Å²) in [7, 11) is 0. The van der Waals surface area contributed by atoms with Gasteiger partial charge in [-0.25, -0.2) is 0 Å². The van der Waals surface area contributed by atoms with Crippen molar-refractivity contribution >= 4 is 0 Å². The molecule has 86 valence electrons. The van der Waals surface area contributed by atoms with E-state index in [9.17, 15) is 0 Å². The summed E-state index contributed by atoms with van der Waals surface area (Å²) >= 11 is 0. The van der Waals surface area contributed by atoms with E-state index in [1.54, 1.807) is 0 Å². The van der Waals surface area contributed by atoms with Crippen molar-refractivity contribution in [3.05, 3.63) is 0 Å². The molecule has 0 aliphatic rings. The average Bonchev–Trinajstić information content (AvgIpc) is 2.18. The van der Waals surface area contributed by atoms with Crippen LogP contribution in [-0.4, -0.2) is 32.0 Å². The van der Waals surface area contributed by atoms with Gasteiger partial charge in [-0.15, -0.1) is 0 Å². The third-order valence-corrected chi connectivity index (χ3v) is 2.27. The first-order valence-corrected chi connectivity index (χ1v) is 5.71. The van der Waals surface area contributed by atoms with Gasteiger partial charge in [0.15, 0.2) is 0 Å². The number of nitrogens with two attached hydrogens (primary N) is 1. The van der Waals surface area contributed by atoms with Gasteiger partial charge in [0.2, 0.25) is 0 Å². The Labute approximate surface area is 88.0 Å². The highest BCUT2D eigenvalue weighted by Gasteiger charge is 2.14. The largest absolute Gasteiger partial charge is 0.379 e. The van der Waals surface area contributed by atoms with Gasteiger partial charge in [-0.3, -0.25) is 0 Å². The Kier molecular flexibility index (Phi) is 9.35. The minimum absolute atomic E-state index is 0.173. The molecule has 3 heteroatoms. The van der Waals surface area contributed by atoms with Crippen LogP contribution in [0, 0.1) is 0 Å². The van der Waals surface area contributed by atoms with E-state index >= 15 is 0 Å². The van der Waals surface area contributed by atoms with Gasteiger partial charge < -0.3 is 15.2 Å². The molecule has 0 bridgehead atoms. The van der Waals surface area contributed by atoms with Crippen molar-refractivity contribution < 1.29 is 9.47 Å². The van der Waals surface area contributed by atoms with E-state index in [0.29, 0.717) is 13.2 Å². The SMILES string of the molecule is CCCC(N)C(CC)OCCOCC. The van der Waals surface area contributed by atoms with Crippen molar-refractivity contribution in [2.75, 3.05) is 19.8 Å². The minimum Gasteiger partial charge on any atom is -0.379 e. The first-order chi connectivity index (χ1) is 6.76. The van der Waals surface area contributed by atoms with Crippen LogP contribution in [-0.2, 0) is 9.47 Å². The number of hydrogen-bond acceptors (Lipinski definition) is 3. The van der Waals surface area contributed by atoms with Gasteiger partial charge in [-0.1, -0.05) is 20.3 Å². The smallest absolute Gasteiger partial charge is 0.0724 e. The van der Waals surface area contributed by atoms with E-state index in [1.807, 2.05) is 6.92 Å². The highest BCUT2D eigenvalue weighted by molar-refractivity contribution is 4.71. The summed E-state index contributed by atoms with van der Waals surface area (Å²) < 4.78 is 10.9. The lowest BCUT2D eigenvalue weighted by Crippen LogP contribution is -2.36. The lowest BCUT2D eigenvalue weighted by molar-refractivity contribution is -0.00635. The summed E-state index contributed by atoms with van der Waals surface area (Å²) in [5.41, 5.74) is 5.99. The van der Waals surface area contributed by atoms with Gasteiger partial charge >= 0.3 is 0 Å². The lowest BCUT2D eigenvalue weighted by Gasteiger charge is -2.22. The normalized spacial score (nSPS) is 15.4. The van der Waals surface area contributed by atoms with Crippen LogP contribution in [0.15, 0.2) is 0 Å². The number of ether oxygens (including phenoxy) is 2. The topological polar surface area (TPSA) is 44.5 Å². The summed E-state index contributed by atoms with van der Waals surface area (Å²) in [5, 5.41) is 0. The van der Waals surface area contributed by atoms with Gasteiger partial charge in [-0.05, 0) is 19.8 Å². The molecule has 0 aliphatic heterocycles. The zero-order valence-electron chi connectivity index (χ0n) is 9.79. The molecule has 0 spiro atoms. The van der Waals surface area contributed by atoms with Crippen molar-refractivity contribution in [2.24, 2.45) is 5.73 Å². The second kappa shape index (κ2) is 9.44. The van der Waals surface area contributed by atoms with E-state index in [1.165, 1.54) is 0 Å². The van der Waals surface area contributed by atoms with E-state index < -0.39 is 0 Å². The Hall–Kier alpha value is -0.120. The monoisotopic (exact) mass is 203 g/mol. The maximum absolute atomic E-state index is 5.99. The first kappa shape index (κ1) is 13.9. The molecule has 2 N–H and O–H groups in total. The Morgan fingerprint density at radius 1 is 1.14 bits per heavy atom. The summed E-state index contributed by atoms with van der Waals surface area (Å²) in [5.74, 6) is 0. The maximum atomic E-state index is 5.99.